The third kappa shape index (κ3) is 4.08. The average molecular weight is 328 g/mol. The molecule has 1 aliphatic carbocycles. The maximum atomic E-state index is 12.0. The molecule has 2 N–H and O–H groups in total. The molecule has 114 valence electrons. The van der Waals surface area contributed by atoms with Crippen LogP contribution in [0.2, 0.25) is 4.34 Å². The Hall–Kier alpha value is -1.33. The third-order valence-corrected chi connectivity index (χ3v) is 5.09. The van der Waals surface area contributed by atoms with Gasteiger partial charge in [0.25, 0.3) is 0 Å². The Kier molecular flexibility index (Phi) is 5.06. The van der Waals surface area contributed by atoms with Crippen molar-refractivity contribution < 1.29 is 14.7 Å². The fourth-order valence-corrected chi connectivity index (χ4v) is 3.46. The summed E-state index contributed by atoms with van der Waals surface area (Å²) in [5, 5.41) is 12.1. The smallest absolute Gasteiger partial charge is 0.329 e. The molecule has 0 saturated heterocycles. The molecule has 0 atom stereocenters. The molecule has 0 spiro atoms. The number of carbonyl (C=O) groups is 2. The number of rotatable bonds is 4. The van der Waals surface area contributed by atoms with E-state index in [-0.39, 0.29) is 5.91 Å². The molecular weight excluding hydrogens is 310 g/mol. The molecule has 0 unspecified atom stereocenters. The normalized spacial score (nSPS) is 25.9. The van der Waals surface area contributed by atoms with E-state index < -0.39 is 11.5 Å². The first kappa shape index (κ1) is 16.0. The van der Waals surface area contributed by atoms with E-state index in [1.807, 2.05) is 6.07 Å². The summed E-state index contributed by atoms with van der Waals surface area (Å²) in [5.41, 5.74) is -1.12. The van der Waals surface area contributed by atoms with E-state index in [9.17, 15) is 14.7 Å². The van der Waals surface area contributed by atoms with Crippen LogP contribution in [0.1, 0.15) is 37.5 Å². The largest absolute Gasteiger partial charge is 0.480 e. The van der Waals surface area contributed by atoms with Crippen molar-refractivity contribution in [1.29, 1.82) is 0 Å². The van der Waals surface area contributed by atoms with Gasteiger partial charge in [-0.15, -0.1) is 11.3 Å². The first-order valence-corrected chi connectivity index (χ1v) is 8.10. The predicted octanol–water partition coefficient (Wildman–Crippen LogP) is 3.56. The SMILES string of the molecule is CC1CCC(NC(=O)/C=C/c2ccc(Cl)s2)(C(=O)O)CC1. The molecule has 1 aromatic heterocycles. The van der Waals surface area contributed by atoms with Crippen LogP contribution < -0.4 is 5.32 Å². The lowest BCUT2D eigenvalue weighted by Crippen LogP contribution is -2.55. The first-order chi connectivity index (χ1) is 9.91. The number of hydrogen-bond donors (Lipinski definition) is 2. The molecular formula is C15H18ClNO3S. The summed E-state index contributed by atoms with van der Waals surface area (Å²) in [6, 6.07) is 3.57. The highest BCUT2D eigenvalue weighted by Gasteiger charge is 2.42. The Bertz CT molecular complexity index is 559. The average Bonchev–Trinajstić information content (AvgIpc) is 2.85. The van der Waals surface area contributed by atoms with Gasteiger partial charge in [-0.1, -0.05) is 18.5 Å². The lowest BCUT2D eigenvalue weighted by Gasteiger charge is -2.36. The highest BCUT2D eigenvalue weighted by Crippen LogP contribution is 2.32. The number of carbonyl (C=O) groups excluding carboxylic acids is 1. The molecule has 1 heterocycles. The number of carboxylic acids is 1. The zero-order chi connectivity index (χ0) is 15.5. The van der Waals surface area contributed by atoms with Crippen LogP contribution >= 0.6 is 22.9 Å². The van der Waals surface area contributed by atoms with Gasteiger partial charge in [-0.3, -0.25) is 4.79 Å². The Balaban J connectivity index is 2.02. The van der Waals surface area contributed by atoms with Crippen LogP contribution in [-0.4, -0.2) is 22.5 Å². The molecule has 2 rings (SSSR count). The Morgan fingerprint density at radius 3 is 2.62 bits per heavy atom. The molecule has 21 heavy (non-hydrogen) atoms. The van der Waals surface area contributed by atoms with E-state index in [0.29, 0.717) is 23.1 Å². The minimum absolute atomic E-state index is 0.378. The van der Waals surface area contributed by atoms with Crippen molar-refractivity contribution in [3.63, 3.8) is 0 Å². The van der Waals surface area contributed by atoms with Crippen molar-refractivity contribution in [3.05, 3.63) is 27.4 Å². The van der Waals surface area contributed by atoms with Crippen LogP contribution in [0.15, 0.2) is 18.2 Å². The highest BCUT2D eigenvalue weighted by atomic mass is 35.5. The molecule has 0 aliphatic heterocycles. The minimum atomic E-state index is -1.12. The highest BCUT2D eigenvalue weighted by molar-refractivity contribution is 7.17. The molecule has 1 aliphatic rings. The van der Waals surface area contributed by atoms with Gasteiger partial charge >= 0.3 is 5.97 Å². The summed E-state index contributed by atoms with van der Waals surface area (Å²) < 4.78 is 0.651. The number of thiophene rings is 1. The van der Waals surface area contributed by atoms with E-state index >= 15 is 0 Å². The van der Waals surface area contributed by atoms with Crippen LogP contribution in [0.3, 0.4) is 0 Å². The van der Waals surface area contributed by atoms with Crippen molar-refractivity contribution in [2.24, 2.45) is 5.92 Å². The van der Waals surface area contributed by atoms with Crippen LogP contribution in [0.5, 0.6) is 0 Å². The second kappa shape index (κ2) is 6.62. The summed E-state index contributed by atoms with van der Waals surface area (Å²) in [4.78, 5) is 24.4. The lowest BCUT2D eigenvalue weighted by molar-refractivity contribution is -0.149. The summed E-state index contributed by atoms with van der Waals surface area (Å²) in [6.07, 6.45) is 5.60. The van der Waals surface area contributed by atoms with Gasteiger partial charge in [0.1, 0.15) is 5.54 Å². The van der Waals surface area contributed by atoms with Gasteiger partial charge in [-0.2, -0.15) is 0 Å². The zero-order valence-corrected chi connectivity index (χ0v) is 13.3. The number of hydrogen-bond acceptors (Lipinski definition) is 3. The molecule has 1 saturated carbocycles. The van der Waals surface area contributed by atoms with Crippen molar-refractivity contribution >= 4 is 40.9 Å². The quantitative estimate of drug-likeness (QED) is 0.831. The summed E-state index contributed by atoms with van der Waals surface area (Å²) in [7, 11) is 0. The topological polar surface area (TPSA) is 66.4 Å². The van der Waals surface area contributed by atoms with E-state index in [2.05, 4.69) is 12.2 Å². The van der Waals surface area contributed by atoms with Gasteiger partial charge < -0.3 is 10.4 Å². The maximum absolute atomic E-state index is 12.0. The second-order valence-electron chi connectivity index (χ2n) is 5.53. The number of carboxylic acid groups (broad SMARTS) is 1. The van der Waals surface area contributed by atoms with Gasteiger partial charge in [-0.05, 0) is 49.8 Å². The van der Waals surface area contributed by atoms with Gasteiger partial charge in [0.15, 0.2) is 0 Å². The fourth-order valence-electron chi connectivity index (χ4n) is 2.50. The molecule has 0 radical (unpaired) electrons. The number of halogens is 1. The van der Waals surface area contributed by atoms with Crippen molar-refractivity contribution in [1.82, 2.24) is 5.32 Å². The van der Waals surface area contributed by atoms with Gasteiger partial charge in [0, 0.05) is 11.0 Å². The van der Waals surface area contributed by atoms with Crippen LogP contribution in [0.4, 0.5) is 0 Å². The molecule has 1 aromatic rings. The second-order valence-corrected chi connectivity index (χ2v) is 7.28. The van der Waals surface area contributed by atoms with Crippen LogP contribution in [-0.2, 0) is 9.59 Å². The summed E-state index contributed by atoms with van der Waals surface area (Å²) in [6.45, 7) is 2.11. The molecule has 0 aromatic carbocycles. The van der Waals surface area contributed by atoms with Gasteiger partial charge in [0.2, 0.25) is 5.91 Å². The Morgan fingerprint density at radius 2 is 2.10 bits per heavy atom. The Morgan fingerprint density at radius 1 is 1.43 bits per heavy atom. The van der Waals surface area contributed by atoms with Gasteiger partial charge in [0.05, 0.1) is 4.34 Å². The number of nitrogens with one attached hydrogen (secondary N) is 1. The van der Waals surface area contributed by atoms with E-state index in [1.54, 1.807) is 12.1 Å². The fraction of sp³-hybridized carbons (Fsp3) is 0.467. The van der Waals surface area contributed by atoms with E-state index in [1.165, 1.54) is 17.4 Å². The zero-order valence-electron chi connectivity index (χ0n) is 11.8. The molecule has 6 heteroatoms. The molecule has 4 nitrogen and oxygen atoms in total. The predicted molar refractivity (Wildman–Crippen MR) is 84.5 cm³/mol. The van der Waals surface area contributed by atoms with Crippen LogP contribution in [0, 0.1) is 5.92 Å². The molecule has 1 amide bonds. The molecule has 1 fully saturated rings. The minimum Gasteiger partial charge on any atom is -0.480 e. The van der Waals surface area contributed by atoms with Crippen molar-refractivity contribution in [2.75, 3.05) is 0 Å². The Labute approximate surface area is 132 Å². The van der Waals surface area contributed by atoms with Gasteiger partial charge in [-0.25, -0.2) is 4.79 Å². The van der Waals surface area contributed by atoms with Crippen molar-refractivity contribution in [2.45, 2.75) is 38.1 Å². The number of amides is 1. The maximum Gasteiger partial charge on any atom is 0.329 e. The van der Waals surface area contributed by atoms with E-state index in [4.69, 9.17) is 11.6 Å². The third-order valence-electron chi connectivity index (χ3n) is 3.89. The van der Waals surface area contributed by atoms with Crippen molar-refractivity contribution in [3.8, 4) is 0 Å². The summed E-state index contributed by atoms with van der Waals surface area (Å²) in [5.74, 6) is -0.815. The standard InChI is InChI=1S/C15H18ClNO3S/c1-10-6-8-15(9-7-10,14(19)20)17-13(18)5-3-11-2-4-12(16)21-11/h2-5,10H,6-9H2,1H3,(H,17,18)(H,19,20)/b5-3+. The van der Waals surface area contributed by atoms with Crippen LogP contribution in [0.25, 0.3) is 6.08 Å². The van der Waals surface area contributed by atoms with E-state index in [0.717, 1.165) is 17.7 Å². The summed E-state index contributed by atoms with van der Waals surface area (Å²) >= 11 is 7.18. The first-order valence-electron chi connectivity index (χ1n) is 6.90. The monoisotopic (exact) mass is 327 g/mol. The number of aliphatic carboxylic acids is 1. The lowest BCUT2D eigenvalue weighted by atomic mass is 9.77. The molecule has 0 bridgehead atoms.